The topological polar surface area (TPSA) is 113 Å². The predicted octanol–water partition coefficient (Wildman–Crippen LogP) is 2.61. The molecule has 29 heavy (non-hydrogen) atoms. The van der Waals surface area contributed by atoms with E-state index in [1.54, 1.807) is 36.4 Å². The molecule has 1 heterocycles. The highest BCUT2D eigenvalue weighted by Gasteiger charge is 2.18. The van der Waals surface area contributed by atoms with Crippen molar-refractivity contribution in [3.05, 3.63) is 53.4 Å². The van der Waals surface area contributed by atoms with Crippen LogP contribution in [0.25, 0.3) is 11.5 Å². The van der Waals surface area contributed by atoms with Crippen LogP contribution in [-0.2, 0) is 18.0 Å². The van der Waals surface area contributed by atoms with Gasteiger partial charge in [0.1, 0.15) is 0 Å². The summed E-state index contributed by atoms with van der Waals surface area (Å²) in [5.41, 5.74) is 1.61. The smallest absolute Gasteiger partial charge is 0.338 e. The molecule has 9 heteroatoms. The van der Waals surface area contributed by atoms with Crippen LogP contribution >= 0.6 is 0 Å². The molecule has 1 aromatic heterocycles. The molecule has 0 amide bonds. The first-order valence-corrected chi connectivity index (χ1v) is 8.59. The molecule has 0 atom stereocenters. The number of carbonyl (C=O) groups is 1. The largest absolute Gasteiger partial charge is 0.493 e. The van der Waals surface area contributed by atoms with E-state index in [1.807, 2.05) is 0 Å². The van der Waals surface area contributed by atoms with Gasteiger partial charge in [-0.15, -0.1) is 10.2 Å². The number of hydrogen-bond donors (Lipinski definition) is 1. The van der Waals surface area contributed by atoms with Gasteiger partial charge in [0.25, 0.3) is 5.89 Å². The molecule has 0 saturated heterocycles. The Kier molecular flexibility index (Phi) is 6.30. The quantitative estimate of drug-likeness (QED) is 0.570. The predicted molar refractivity (Wildman–Crippen MR) is 101 cm³/mol. The monoisotopic (exact) mass is 400 g/mol. The summed E-state index contributed by atoms with van der Waals surface area (Å²) in [5, 5.41) is 16.9. The molecule has 0 unspecified atom stereocenters. The fraction of sp³-hybridized carbons (Fsp3) is 0.250. The third-order valence-corrected chi connectivity index (χ3v) is 4.08. The molecule has 0 fully saturated rings. The summed E-state index contributed by atoms with van der Waals surface area (Å²) in [6, 6.07) is 9.78. The van der Waals surface area contributed by atoms with Gasteiger partial charge in [0.15, 0.2) is 18.1 Å². The van der Waals surface area contributed by atoms with E-state index in [0.29, 0.717) is 33.9 Å². The molecule has 3 rings (SSSR count). The van der Waals surface area contributed by atoms with Crippen LogP contribution in [0.15, 0.2) is 40.8 Å². The Bertz CT molecular complexity index is 958. The Hall–Kier alpha value is -3.59. The molecule has 0 saturated carbocycles. The molecule has 0 aliphatic heterocycles. The highest BCUT2D eigenvalue weighted by atomic mass is 16.5. The highest BCUT2D eigenvalue weighted by Crippen LogP contribution is 2.40. The minimum absolute atomic E-state index is 0.0962. The summed E-state index contributed by atoms with van der Waals surface area (Å²) in [4.78, 5) is 12.1. The molecule has 0 aliphatic rings. The zero-order valence-electron chi connectivity index (χ0n) is 16.2. The lowest BCUT2D eigenvalue weighted by molar-refractivity contribution is 0.0438. The Labute approximate surface area is 166 Å². The number of ether oxygens (including phenoxy) is 4. The number of aliphatic hydroxyl groups is 1. The molecule has 3 aromatic rings. The molecular formula is C20H20N2O7. The minimum atomic E-state index is -0.540. The van der Waals surface area contributed by atoms with Crippen molar-refractivity contribution < 1.29 is 33.3 Å². The summed E-state index contributed by atoms with van der Waals surface area (Å²) in [5.74, 6) is 1.14. The molecule has 2 aromatic carbocycles. The Morgan fingerprint density at radius 3 is 2.21 bits per heavy atom. The lowest BCUT2D eigenvalue weighted by Crippen LogP contribution is -2.05. The van der Waals surface area contributed by atoms with E-state index in [0.717, 1.165) is 0 Å². The van der Waals surface area contributed by atoms with E-state index in [2.05, 4.69) is 10.2 Å². The van der Waals surface area contributed by atoms with E-state index < -0.39 is 5.97 Å². The molecule has 9 nitrogen and oxygen atoms in total. The van der Waals surface area contributed by atoms with Crippen LogP contribution in [0.1, 0.15) is 21.8 Å². The lowest BCUT2D eigenvalue weighted by atomic mass is 10.1. The fourth-order valence-corrected chi connectivity index (χ4v) is 2.59. The van der Waals surface area contributed by atoms with E-state index >= 15 is 0 Å². The summed E-state index contributed by atoms with van der Waals surface area (Å²) >= 11 is 0. The number of nitrogens with zero attached hydrogens (tertiary/aromatic N) is 2. The number of aromatic nitrogens is 2. The third kappa shape index (κ3) is 4.46. The molecule has 152 valence electrons. The number of hydrogen-bond acceptors (Lipinski definition) is 9. The van der Waals surface area contributed by atoms with Crippen LogP contribution in [0.2, 0.25) is 0 Å². The number of aliphatic hydroxyl groups excluding tert-OH is 1. The second-order valence-electron chi connectivity index (χ2n) is 5.85. The van der Waals surface area contributed by atoms with Gasteiger partial charge in [-0.25, -0.2) is 4.79 Å². The molecule has 0 bridgehead atoms. The Morgan fingerprint density at radius 1 is 1.00 bits per heavy atom. The van der Waals surface area contributed by atoms with Crippen LogP contribution in [0, 0.1) is 0 Å². The van der Waals surface area contributed by atoms with Gasteiger partial charge in [-0.3, -0.25) is 0 Å². The minimum Gasteiger partial charge on any atom is -0.493 e. The van der Waals surface area contributed by atoms with Crippen molar-refractivity contribution in [1.82, 2.24) is 10.2 Å². The fourth-order valence-electron chi connectivity index (χ4n) is 2.59. The number of esters is 1. The average molecular weight is 400 g/mol. The van der Waals surface area contributed by atoms with Crippen molar-refractivity contribution in [2.45, 2.75) is 13.2 Å². The van der Waals surface area contributed by atoms with Crippen LogP contribution in [-0.4, -0.2) is 42.6 Å². The van der Waals surface area contributed by atoms with E-state index in [9.17, 15) is 4.79 Å². The van der Waals surface area contributed by atoms with Gasteiger partial charge in [0.2, 0.25) is 11.6 Å². The Morgan fingerprint density at radius 2 is 1.66 bits per heavy atom. The van der Waals surface area contributed by atoms with Crippen molar-refractivity contribution in [3.8, 4) is 28.7 Å². The van der Waals surface area contributed by atoms with Crippen LogP contribution in [0.4, 0.5) is 0 Å². The first-order chi connectivity index (χ1) is 14.1. The normalized spacial score (nSPS) is 10.5. The van der Waals surface area contributed by atoms with Gasteiger partial charge in [0, 0.05) is 5.56 Å². The molecule has 0 spiro atoms. The van der Waals surface area contributed by atoms with Crippen molar-refractivity contribution in [2.75, 3.05) is 21.3 Å². The maximum atomic E-state index is 12.1. The first kappa shape index (κ1) is 20.2. The molecule has 1 N–H and O–H groups in total. The van der Waals surface area contributed by atoms with Crippen molar-refractivity contribution in [2.24, 2.45) is 0 Å². The third-order valence-electron chi connectivity index (χ3n) is 4.08. The number of carbonyl (C=O) groups excluding carboxylic acids is 1. The zero-order valence-corrected chi connectivity index (χ0v) is 16.2. The maximum absolute atomic E-state index is 12.1. The van der Waals surface area contributed by atoms with Gasteiger partial charge < -0.3 is 28.5 Å². The summed E-state index contributed by atoms with van der Waals surface area (Å²) in [6.45, 7) is -0.279. The Balaban J connectivity index is 1.73. The lowest BCUT2D eigenvalue weighted by Gasteiger charge is -2.12. The number of benzene rings is 2. The SMILES string of the molecule is COc1cc(-c2nnc(COC(=O)c3ccc(CO)cc3)o2)cc(OC)c1OC. The number of methoxy groups -OCH3 is 3. The van der Waals surface area contributed by atoms with E-state index in [4.69, 9.17) is 28.5 Å². The van der Waals surface area contributed by atoms with Crippen LogP contribution < -0.4 is 14.2 Å². The number of rotatable bonds is 8. The second kappa shape index (κ2) is 9.07. The van der Waals surface area contributed by atoms with Gasteiger partial charge in [-0.05, 0) is 29.8 Å². The highest BCUT2D eigenvalue weighted by molar-refractivity contribution is 5.89. The van der Waals surface area contributed by atoms with Gasteiger partial charge in [-0.1, -0.05) is 12.1 Å². The average Bonchev–Trinajstić information content (AvgIpc) is 3.25. The second-order valence-corrected chi connectivity index (χ2v) is 5.85. The first-order valence-electron chi connectivity index (χ1n) is 8.59. The molecule has 0 aliphatic carbocycles. The van der Waals surface area contributed by atoms with Crippen LogP contribution in [0.5, 0.6) is 17.2 Å². The van der Waals surface area contributed by atoms with Crippen molar-refractivity contribution >= 4 is 5.97 Å². The standard InChI is InChI=1S/C20H20N2O7/c1-25-15-8-14(9-16(26-2)18(15)27-3)19-22-21-17(29-19)11-28-20(24)13-6-4-12(10-23)5-7-13/h4-9,23H,10-11H2,1-3H3. The maximum Gasteiger partial charge on any atom is 0.338 e. The summed E-state index contributed by atoms with van der Waals surface area (Å²) < 4.78 is 26.7. The molecular weight excluding hydrogens is 380 g/mol. The van der Waals surface area contributed by atoms with E-state index in [-0.39, 0.29) is 25.0 Å². The van der Waals surface area contributed by atoms with Crippen molar-refractivity contribution in [1.29, 1.82) is 0 Å². The zero-order chi connectivity index (χ0) is 20.8. The van der Waals surface area contributed by atoms with Crippen LogP contribution in [0.3, 0.4) is 0 Å². The molecule has 0 radical (unpaired) electrons. The van der Waals surface area contributed by atoms with Gasteiger partial charge >= 0.3 is 5.97 Å². The van der Waals surface area contributed by atoms with Gasteiger partial charge in [0.05, 0.1) is 33.5 Å². The summed E-state index contributed by atoms with van der Waals surface area (Å²) in [6.07, 6.45) is 0. The van der Waals surface area contributed by atoms with Crippen molar-refractivity contribution in [3.63, 3.8) is 0 Å². The van der Waals surface area contributed by atoms with Gasteiger partial charge in [-0.2, -0.15) is 0 Å². The van der Waals surface area contributed by atoms with E-state index in [1.165, 1.54) is 21.3 Å². The summed E-state index contributed by atoms with van der Waals surface area (Å²) in [7, 11) is 4.52.